The minimum Gasteiger partial charge on any atom is -0.150 e. The van der Waals surface area contributed by atoms with E-state index in [-0.39, 0.29) is 10.8 Å². The Hall–Kier alpha value is -1.96. The summed E-state index contributed by atoms with van der Waals surface area (Å²) >= 11 is 0. The number of hydrogen-bond donors (Lipinski definition) is 0. The van der Waals surface area contributed by atoms with E-state index in [0.29, 0.717) is 0 Å². The molecule has 0 atom stereocenters. The van der Waals surface area contributed by atoms with Crippen LogP contribution in [0.3, 0.4) is 0 Å². The molecule has 1 aromatic heterocycles. The molecule has 2 nitrogen and oxygen atoms in total. The summed E-state index contributed by atoms with van der Waals surface area (Å²) in [6.45, 7) is 13.3. The summed E-state index contributed by atoms with van der Waals surface area (Å²) in [4.78, 5) is 0. The highest BCUT2D eigenvalue weighted by atomic mass is 15.1. The van der Waals surface area contributed by atoms with Gasteiger partial charge in [0.25, 0.3) is 0 Å². The van der Waals surface area contributed by atoms with Gasteiger partial charge in [-0.3, -0.25) is 0 Å². The fourth-order valence-electron chi connectivity index (χ4n) is 2.73. The predicted octanol–water partition coefficient (Wildman–Crippen LogP) is 5.38. The van der Waals surface area contributed by atoms with E-state index >= 15 is 0 Å². The van der Waals surface area contributed by atoms with Gasteiger partial charge in [0.05, 0.1) is 11.0 Å². The molecule has 3 rings (SSSR count). The summed E-state index contributed by atoms with van der Waals surface area (Å²) < 4.78 is 0. The van der Waals surface area contributed by atoms with Gasteiger partial charge in [-0.1, -0.05) is 65.8 Å². The minimum atomic E-state index is 0.126. The van der Waals surface area contributed by atoms with Crippen molar-refractivity contribution in [1.29, 1.82) is 0 Å². The number of aromatic nitrogens is 2. The van der Waals surface area contributed by atoms with E-state index in [4.69, 9.17) is 0 Å². The molecule has 0 amide bonds. The number of nitrogens with zero attached hydrogens (tertiary/aromatic N) is 2. The van der Waals surface area contributed by atoms with Crippen LogP contribution in [0.1, 0.15) is 52.7 Å². The summed E-state index contributed by atoms with van der Waals surface area (Å²) in [6, 6.07) is 13.1. The maximum atomic E-state index is 4.46. The molecule has 1 heterocycles. The van der Waals surface area contributed by atoms with Crippen LogP contribution in [0.5, 0.6) is 0 Å². The molecule has 0 saturated heterocycles. The number of fused-ring (bicyclic) bond motifs is 3. The second-order valence-electron chi connectivity index (χ2n) is 8.16. The van der Waals surface area contributed by atoms with Gasteiger partial charge in [-0.25, -0.2) is 0 Å². The Kier molecular flexibility index (Phi) is 3.24. The molecule has 0 spiro atoms. The van der Waals surface area contributed by atoms with Gasteiger partial charge in [-0.15, -0.1) is 10.2 Å². The van der Waals surface area contributed by atoms with Crippen LogP contribution in [0.4, 0.5) is 0 Å². The SMILES string of the molecule is CC(C)(C)c1ccc2c(c1)nnc1cc(C(C)(C)C)ccc12. The van der Waals surface area contributed by atoms with Crippen LogP contribution in [0.2, 0.25) is 0 Å². The zero-order chi connectivity index (χ0) is 16.1. The maximum Gasteiger partial charge on any atom is 0.0939 e. The molecule has 0 fully saturated rings. The van der Waals surface area contributed by atoms with Gasteiger partial charge in [0.1, 0.15) is 0 Å². The molecule has 2 aromatic carbocycles. The molecule has 0 aliphatic carbocycles. The third-order valence-corrected chi connectivity index (χ3v) is 4.28. The van der Waals surface area contributed by atoms with Crippen LogP contribution in [0, 0.1) is 0 Å². The first-order valence-electron chi connectivity index (χ1n) is 7.87. The van der Waals surface area contributed by atoms with Crippen LogP contribution in [-0.4, -0.2) is 10.2 Å². The van der Waals surface area contributed by atoms with E-state index in [1.807, 2.05) is 0 Å². The average Bonchev–Trinajstić information content (AvgIpc) is 2.44. The Balaban J connectivity index is 2.24. The number of rotatable bonds is 0. The van der Waals surface area contributed by atoms with Gasteiger partial charge in [-0.05, 0) is 34.1 Å². The van der Waals surface area contributed by atoms with Gasteiger partial charge < -0.3 is 0 Å². The predicted molar refractivity (Wildman–Crippen MR) is 94.4 cm³/mol. The van der Waals surface area contributed by atoms with Crippen molar-refractivity contribution in [1.82, 2.24) is 10.2 Å². The molecule has 0 unspecified atom stereocenters. The van der Waals surface area contributed by atoms with Crippen molar-refractivity contribution in [2.24, 2.45) is 0 Å². The van der Waals surface area contributed by atoms with E-state index in [0.717, 1.165) is 11.0 Å². The number of hydrogen-bond acceptors (Lipinski definition) is 2. The van der Waals surface area contributed by atoms with Crippen LogP contribution >= 0.6 is 0 Å². The summed E-state index contributed by atoms with van der Waals surface area (Å²) in [5.41, 5.74) is 4.79. The summed E-state index contributed by atoms with van der Waals surface area (Å²) in [5, 5.41) is 11.3. The van der Waals surface area contributed by atoms with Crippen LogP contribution in [0.25, 0.3) is 21.8 Å². The lowest BCUT2D eigenvalue weighted by Gasteiger charge is -2.20. The van der Waals surface area contributed by atoms with Gasteiger partial charge in [0.2, 0.25) is 0 Å². The normalized spacial score (nSPS) is 13.0. The Morgan fingerprint density at radius 1 is 0.591 bits per heavy atom. The van der Waals surface area contributed by atoms with Crippen molar-refractivity contribution >= 4 is 21.8 Å². The van der Waals surface area contributed by atoms with Crippen LogP contribution in [-0.2, 0) is 10.8 Å². The van der Waals surface area contributed by atoms with E-state index < -0.39 is 0 Å². The Labute approximate surface area is 132 Å². The van der Waals surface area contributed by atoms with Crippen molar-refractivity contribution < 1.29 is 0 Å². The van der Waals surface area contributed by atoms with E-state index in [1.54, 1.807) is 0 Å². The molecule has 114 valence electrons. The molecule has 2 heteroatoms. The van der Waals surface area contributed by atoms with Crippen molar-refractivity contribution in [3.8, 4) is 0 Å². The molecular weight excluding hydrogens is 268 g/mol. The van der Waals surface area contributed by atoms with Crippen molar-refractivity contribution in [2.45, 2.75) is 52.4 Å². The zero-order valence-electron chi connectivity index (χ0n) is 14.4. The van der Waals surface area contributed by atoms with Gasteiger partial charge in [-0.2, -0.15) is 0 Å². The molecule has 0 bridgehead atoms. The fourth-order valence-corrected chi connectivity index (χ4v) is 2.73. The lowest BCUT2D eigenvalue weighted by atomic mass is 9.85. The summed E-state index contributed by atoms with van der Waals surface area (Å²) in [7, 11) is 0. The second kappa shape index (κ2) is 4.77. The first-order valence-corrected chi connectivity index (χ1v) is 7.87. The minimum absolute atomic E-state index is 0.126. The second-order valence-corrected chi connectivity index (χ2v) is 8.16. The third kappa shape index (κ3) is 2.58. The highest BCUT2D eigenvalue weighted by molar-refractivity contribution is 6.03. The molecular formula is C20H24N2. The first kappa shape index (κ1) is 15.0. The third-order valence-electron chi connectivity index (χ3n) is 4.28. The molecule has 0 aliphatic heterocycles. The number of benzene rings is 2. The van der Waals surface area contributed by atoms with E-state index in [1.165, 1.54) is 21.9 Å². The zero-order valence-corrected chi connectivity index (χ0v) is 14.4. The van der Waals surface area contributed by atoms with E-state index in [2.05, 4.69) is 88.1 Å². The van der Waals surface area contributed by atoms with Gasteiger partial charge in [0.15, 0.2) is 0 Å². The molecule has 0 saturated carbocycles. The molecule has 3 aromatic rings. The Morgan fingerprint density at radius 3 is 1.27 bits per heavy atom. The summed E-state index contributed by atoms with van der Waals surface area (Å²) in [6.07, 6.45) is 0. The average molecular weight is 292 g/mol. The smallest absolute Gasteiger partial charge is 0.0939 e. The Bertz CT molecular complexity index is 776. The molecule has 0 radical (unpaired) electrons. The van der Waals surface area contributed by atoms with Gasteiger partial charge >= 0.3 is 0 Å². The monoisotopic (exact) mass is 292 g/mol. The van der Waals surface area contributed by atoms with Crippen LogP contribution in [0.15, 0.2) is 36.4 Å². The largest absolute Gasteiger partial charge is 0.150 e. The Morgan fingerprint density at radius 2 is 0.955 bits per heavy atom. The maximum absolute atomic E-state index is 4.46. The van der Waals surface area contributed by atoms with E-state index in [9.17, 15) is 0 Å². The topological polar surface area (TPSA) is 25.8 Å². The van der Waals surface area contributed by atoms with Crippen molar-refractivity contribution in [3.63, 3.8) is 0 Å². The lowest BCUT2D eigenvalue weighted by molar-refractivity contribution is 0.590. The van der Waals surface area contributed by atoms with Crippen molar-refractivity contribution in [2.75, 3.05) is 0 Å². The van der Waals surface area contributed by atoms with Crippen molar-refractivity contribution in [3.05, 3.63) is 47.5 Å². The molecule has 22 heavy (non-hydrogen) atoms. The highest BCUT2D eigenvalue weighted by Gasteiger charge is 2.17. The standard InChI is InChI=1S/C20H24N2/c1-19(2,3)13-7-9-15-16-10-8-14(20(4,5)6)12-18(16)22-21-17(15)11-13/h7-12H,1-6H3. The van der Waals surface area contributed by atoms with Crippen LogP contribution < -0.4 is 0 Å². The first-order chi connectivity index (χ1) is 10.2. The molecule has 0 N–H and O–H groups in total. The highest BCUT2D eigenvalue weighted by Crippen LogP contribution is 2.30. The fraction of sp³-hybridized carbons (Fsp3) is 0.400. The molecule has 0 aliphatic rings. The lowest BCUT2D eigenvalue weighted by Crippen LogP contribution is -2.11. The quantitative estimate of drug-likeness (QED) is 0.520. The van der Waals surface area contributed by atoms with Gasteiger partial charge in [0, 0.05) is 10.8 Å². The summed E-state index contributed by atoms with van der Waals surface area (Å²) in [5.74, 6) is 0.